The molecular weight excluding hydrogens is 420 g/mol. The molecule has 0 aromatic heterocycles. The van der Waals surface area contributed by atoms with Gasteiger partial charge in [-0.15, -0.1) is 0 Å². The minimum Gasteiger partial charge on any atom is -0.496 e. The van der Waals surface area contributed by atoms with Crippen LogP contribution in [0.1, 0.15) is 16.7 Å². The molecule has 1 amide bonds. The molecule has 2 aromatic carbocycles. The first-order valence-electron chi connectivity index (χ1n) is 9.75. The Morgan fingerprint density at radius 2 is 1.83 bits per heavy atom. The van der Waals surface area contributed by atoms with Crippen LogP contribution in [0.4, 0.5) is 5.69 Å². The number of benzene rings is 2. The number of anilines is 1. The third-order valence-electron chi connectivity index (χ3n) is 5.50. The number of para-hydroxylation sites is 2. The number of aryl methyl sites for hydroxylation is 2. The second-order valence-electron chi connectivity index (χ2n) is 7.69. The van der Waals surface area contributed by atoms with Crippen LogP contribution in [-0.2, 0) is 21.1 Å². The number of carbonyl (C=O) groups is 1. The Balaban J connectivity index is 1.70. The Hall–Kier alpha value is -2.32. The van der Waals surface area contributed by atoms with E-state index in [2.05, 4.69) is 4.99 Å². The van der Waals surface area contributed by atoms with Crippen LogP contribution < -0.4 is 9.64 Å². The number of fused-ring (bicyclic) bond motifs is 1. The molecule has 0 bridgehead atoms. The van der Waals surface area contributed by atoms with E-state index in [1.807, 2.05) is 61.2 Å². The fourth-order valence-corrected chi connectivity index (χ4v) is 8.09. The number of carbonyl (C=O) groups excluding carboxylic acids is 1. The number of methoxy groups -OCH3 is 1. The van der Waals surface area contributed by atoms with E-state index in [9.17, 15) is 13.2 Å². The molecule has 0 N–H and O–H groups in total. The summed E-state index contributed by atoms with van der Waals surface area (Å²) < 4.78 is 29.9. The van der Waals surface area contributed by atoms with Crippen molar-refractivity contribution in [1.29, 1.82) is 0 Å². The van der Waals surface area contributed by atoms with Gasteiger partial charge in [-0.05, 0) is 31.0 Å². The largest absolute Gasteiger partial charge is 0.496 e. The summed E-state index contributed by atoms with van der Waals surface area (Å²) in [6.45, 7) is 4.00. The van der Waals surface area contributed by atoms with Crippen LogP contribution in [0.2, 0.25) is 0 Å². The fourth-order valence-electron chi connectivity index (χ4n) is 4.17. The fraction of sp³-hybridized carbons (Fsp3) is 0.364. The lowest BCUT2D eigenvalue weighted by molar-refractivity contribution is -0.117. The van der Waals surface area contributed by atoms with Gasteiger partial charge in [-0.2, -0.15) is 4.99 Å². The van der Waals surface area contributed by atoms with Crippen LogP contribution >= 0.6 is 11.8 Å². The first kappa shape index (κ1) is 20.9. The molecule has 0 saturated carbocycles. The Labute approximate surface area is 181 Å². The first-order chi connectivity index (χ1) is 14.3. The minimum atomic E-state index is -3.10. The van der Waals surface area contributed by atoms with Gasteiger partial charge in [0, 0.05) is 16.5 Å². The third kappa shape index (κ3) is 3.98. The molecule has 0 spiro atoms. The molecule has 2 aliphatic heterocycles. The number of hydrogen-bond acceptors (Lipinski definition) is 5. The van der Waals surface area contributed by atoms with E-state index >= 15 is 0 Å². The van der Waals surface area contributed by atoms with Gasteiger partial charge in [-0.3, -0.25) is 4.79 Å². The van der Waals surface area contributed by atoms with E-state index in [4.69, 9.17) is 4.74 Å². The van der Waals surface area contributed by atoms with Gasteiger partial charge in [-0.25, -0.2) is 8.42 Å². The summed E-state index contributed by atoms with van der Waals surface area (Å²) in [6.07, 6.45) is 0.127. The van der Waals surface area contributed by atoms with Gasteiger partial charge in [0.15, 0.2) is 15.0 Å². The summed E-state index contributed by atoms with van der Waals surface area (Å²) in [4.78, 5) is 19.2. The number of hydrogen-bond donors (Lipinski definition) is 0. The predicted octanol–water partition coefficient (Wildman–Crippen LogP) is 3.16. The van der Waals surface area contributed by atoms with Gasteiger partial charge in [0.05, 0.1) is 31.1 Å². The summed E-state index contributed by atoms with van der Waals surface area (Å²) in [7, 11) is -1.52. The molecule has 2 aromatic rings. The van der Waals surface area contributed by atoms with Crippen molar-refractivity contribution in [2.45, 2.75) is 31.6 Å². The highest BCUT2D eigenvalue weighted by Gasteiger charge is 2.49. The quantitative estimate of drug-likeness (QED) is 0.721. The summed E-state index contributed by atoms with van der Waals surface area (Å²) in [5.74, 6) is 0.572. The van der Waals surface area contributed by atoms with Gasteiger partial charge in [0.2, 0.25) is 0 Å². The number of amides is 1. The third-order valence-corrected chi connectivity index (χ3v) is 8.71. The van der Waals surface area contributed by atoms with E-state index in [1.54, 1.807) is 7.11 Å². The Morgan fingerprint density at radius 1 is 1.13 bits per heavy atom. The van der Waals surface area contributed by atoms with E-state index in [0.29, 0.717) is 10.9 Å². The first-order valence-corrected chi connectivity index (χ1v) is 12.4. The lowest BCUT2D eigenvalue weighted by Crippen LogP contribution is -2.38. The van der Waals surface area contributed by atoms with Crippen molar-refractivity contribution in [3.05, 3.63) is 59.2 Å². The van der Waals surface area contributed by atoms with E-state index in [1.165, 1.54) is 11.8 Å². The number of sulfone groups is 1. The van der Waals surface area contributed by atoms with Crippen molar-refractivity contribution < 1.29 is 17.9 Å². The summed E-state index contributed by atoms with van der Waals surface area (Å²) in [5.41, 5.74) is 3.79. The normalized spacial score (nSPS) is 23.6. The molecule has 30 heavy (non-hydrogen) atoms. The average molecular weight is 445 g/mol. The molecule has 8 heteroatoms. The summed E-state index contributed by atoms with van der Waals surface area (Å²) in [6, 6.07) is 13.1. The van der Waals surface area contributed by atoms with Crippen molar-refractivity contribution in [3.63, 3.8) is 0 Å². The molecular formula is C22H24N2O4S2. The van der Waals surface area contributed by atoms with Crippen molar-refractivity contribution in [2.75, 3.05) is 23.5 Å². The van der Waals surface area contributed by atoms with E-state index < -0.39 is 9.84 Å². The summed E-state index contributed by atoms with van der Waals surface area (Å²) >= 11 is 1.40. The van der Waals surface area contributed by atoms with Crippen molar-refractivity contribution >= 4 is 38.4 Å². The highest BCUT2D eigenvalue weighted by molar-refractivity contribution is 8.16. The maximum Gasteiger partial charge on any atom is 0.252 e. The van der Waals surface area contributed by atoms with E-state index in [-0.39, 0.29) is 35.1 Å². The summed E-state index contributed by atoms with van der Waals surface area (Å²) in [5, 5.41) is 0.462. The molecule has 158 valence electrons. The van der Waals surface area contributed by atoms with Gasteiger partial charge >= 0.3 is 0 Å². The molecule has 2 fully saturated rings. The number of rotatable bonds is 4. The highest BCUT2D eigenvalue weighted by Crippen LogP contribution is 2.43. The van der Waals surface area contributed by atoms with Crippen LogP contribution in [-0.4, -0.2) is 49.4 Å². The number of aliphatic imine (C=N–C) groups is 1. The zero-order valence-corrected chi connectivity index (χ0v) is 18.8. The number of amidine groups is 1. The van der Waals surface area contributed by atoms with Crippen molar-refractivity contribution in [3.8, 4) is 5.75 Å². The van der Waals surface area contributed by atoms with Gasteiger partial charge in [0.1, 0.15) is 5.75 Å². The maximum atomic E-state index is 12.8. The average Bonchev–Trinajstić information content (AvgIpc) is 3.14. The van der Waals surface area contributed by atoms with Crippen molar-refractivity contribution in [2.24, 2.45) is 4.99 Å². The predicted molar refractivity (Wildman–Crippen MR) is 121 cm³/mol. The Bertz CT molecular complexity index is 1110. The number of ether oxygens (including phenoxy) is 1. The van der Waals surface area contributed by atoms with Gasteiger partial charge in [-0.1, -0.05) is 48.2 Å². The second kappa shape index (κ2) is 8.07. The van der Waals surface area contributed by atoms with Crippen LogP contribution in [0.5, 0.6) is 5.75 Å². The Morgan fingerprint density at radius 3 is 2.53 bits per heavy atom. The monoisotopic (exact) mass is 444 g/mol. The number of thioether (sulfide) groups is 1. The van der Waals surface area contributed by atoms with E-state index in [0.717, 1.165) is 22.4 Å². The molecule has 4 rings (SSSR count). The van der Waals surface area contributed by atoms with Crippen molar-refractivity contribution in [1.82, 2.24) is 0 Å². The molecule has 6 nitrogen and oxygen atoms in total. The van der Waals surface area contributed by atoms with Crippen LogP contribution in [0.15, 0.2) is 47.5 Å². The lowest BCUT2D eigenvalue weighted by atomic mass is 10.1. The number of nitrogens with zero attached hydrogens (tertiary/aromatic N) is 2. The second-order valence-corrected chi connectivity index (χ2v) is 11.0. The van der Waals surface area contributed by atoms with Gasteiger partial charge in [0.25, 0.3) is 5.91 Å². The molecule has 2 aliphatic rings. The van der Waals surface area contributed by atoms with Gasteiger partial charge < -0.3 is 9.64 Å². The topological polar surface area (TPSA) is 76.0 Å². The zero-order valence-electron chi connectivity index (χ0n) is 17.2. The molecule has 2 heterocycles. The molecule has 2 saturated heterocycles. The molecule has 2 atom stereocenters. The van der Waals surface area contributed by atoms with Crippen LogP contribution in [0.3, 0.4) is 0 Å². The molecule has 0 aliphatic carbocycles. The lowest BCUT2D eigenvalue weighted by Gasteiger charge is -2.28. The maximum absolute atomic E-state index is 12.8. The smallest absolute Gasteiger partial charge is 0.252 e. The molecule has 0 radical (unpaired) electrons. The molecule has 0 unspecified atom stereocenters. The SMILES string of the molecule is COc1ccccc1CC(=O)N=C1S[C@H]2CS(=O)(=O)C[C@@H]2N1c1c(C)cccc1C. The Kier molecular flexibility index (Phi) is 5.63. The highest BCUT2D eigenvalue weighted by atomic mass is 32.2. The van der Waals surface area contributed by atoms with Crippen LogP contribution in [0, 0.1) is 13.8 Å². The minimum absolute atomic E-state index is 0.0815. The standard InChI is InChI=1S/C22H24N2O4S2/c1-14-7-6-8-15(2)21(14)24-17-12-30(26,27)13-19(17)29-22(24)23-20(25)11-16-9-4-5-10-18(16)28-3/h4-10,17,19H,11-13H2,1-3H3/t17-,19-/m0/s1. The zero-order chi connectivity index (χ0) is 21.5. The van der Waals surface area contributed by atoms with Crippen LogP contribution in [0.25, 0.3) is 0 Å².